The number of Topliss-reactive ketones (excluding diaryl/α,β-unsaturated/α-hetero) is 1. The summed E-state index contributed by atoms with van der Waals surface area (Å²) in [6.45, 7) is 1.28. The van der Waals surface area contributed by atoms with E-state index in [0.29, 0.717) is 23.3 Å². The standard InChI is InChI=1S/C24H26N4O10.2CH4O3S/c1-13(29)17-10-16-20(37-23(34)27-8-6-25-11-18(30)31)14-4-2-3-5-15(14)21(22(16)36-17)38-24(35)28-9-7-26-12-19(32)33;2*1-5(2,3)4/h2-5,10,25-26H,6-9,11-12H2,1H3,(H,27,34)(H,28,35)(H,30,31)(H,32,33);2*1H3,(H,2,3,4). The molecule has 0 aliphatic carbocycles. The minimum Gasteiger partial charge on any atom is -0.480 e. The first kappa shape index (κ1) is 41.2. The fourth-order valence-corrected chi connectivity index (χ4v) is 3.41. The Morgan fingerprint density at radius 1 is 0.708 bits per heavy atom. The van der Waals surface area contributed by atoms with Gasteiger partial charge < -0.3 is 45.4 Å². The van der Waals surface area contributed by atoms with Crippen LogP contribution in [0, 0.1) is 0 Å². The highest BCUT2D eigenvalue weighted by Crippen LogP contribution is 2.44. The van der Waals surface area contributed by atoms with Gasteiger partial charge in [-0.3, -0.25) is 23.5 Å². The number of ketones is 1. The van der Waals surface area contributed by atoms with Crippen molar-refractivity contribution in [1.82, 2.24) is 21.3 Å². The highest BCUT2D eigenvalue weighted by Gasteiger charge is 2.24. The first-order valence-corrected chi connectivity index (χ1v) is 17.0. The maximum atomic E-state index is 12.5. The first-order valence-electron chi connectivity index (χ1n) is 13.3. The average molecular weight is 723 g/mol. The lowest BCUT2D eigenvalue weighted by Gasteiger charge is -2.14. The fraction of sp³-hybridized carbons (Fsp3) is 0.346. The number of carboxylic acid groups (broad SMARTS) is 2. The number of furan rings is 1. The SMILES string of the molecule is CC(=O)c1cc2c(OC(=O)NCCNCC(=O)O)c3ccccc3c(OC(=O)NCCNCC(=O)O)c2o1.CS(=O)(=O)O.CS(=O)(=O)O. The largest absolute Gasteiger partial charge is 0.480 e. The monoisotopic (exact) mass is 722 g/mol. The lowest BCUT2D eigenvalue weighted by Crippen LogP contribution is -2.35. The molecule has 0 bridgehead atoms. The van der Waals surface area contributed by atoms with Gasteiger partial charge >= 0.3 is 24.1 Å². The smallest absolute Gasteiger partial charge is 0.412 e. The van der Waals surface area contributed by atoms with Gasteiger partial charge in [-0.25, -0.2) is 9.59 Å². The number of nitrogens with one attached hydrogen (secondary N) is 4. The molecular weight excluding hydrogens is 688 g/mol. The molecule has 2 aromatic carbocycles. The summed E-state index contributed by atoms with van der Waals surface area (Å²) < 4.78 is 68.5. The number of benzene rings is 2. The molecule has 0 unspecified atom stereocenters. The Balaban J connectivity index is 0.00000100. The van der Waals surface area contributed by atoms with E-state index in [0.717, 1.165) is 0 Å². The van der Waals surface area contributed by atoms with E-state index >= 15 is 0 Å². The number of rotatable bonds is 13. The van der Waals surface area contributed by atoms with E-state index < -0.39 is 50.1 Å². The Morgan fingerprint density at radius 3 is 1.50 bits per heavy atom. The van der Waals surface area contributed by atoms with Crippen LogP contribution in [0.1, 0.15) is 17.5 Å². The van der Waals surface area contributed by atoms with E-state index in [2.05, 4.69) is 21.3 Å². The third-order valence-electron chi connectivity index (χ3n) is 5.03. The van der Waals surface area contributed by atoms with Crippen LogP contribution in [0.2, 0.25) is 0 Å². The molecule has 0 saturated heterocycles. The molecule has 0 atom stereocenters. The summed E-state index contributed by atoms with van der Waals surface area (Å²) in [4.78, 5) is 58.2. The summed E-state index contributed by atoms with van der Waals surface area (Å²) in [5, 5.41) is 28.5. The minimum atomic E-state index is -3.67. The first-order chi connectivity index (χ1) is 22.2. The fourth-order valence-electron chi connectivity index (χ4n) is 3.41. The van der Waals surface area contributed by atoms with E-state index in [-0.39, 0.29) is 67.5 Å². The molecule has 22 heteroatoms. The molecule has 0 radical (unpaired) electrons. The zero-order valence-electron chi connectivity index (χ0n) is 25.6. The lowest BCUT2D eigenvalue weighted by molar-refractivity contribution is -0.136. The van der Waals surface area contributed by atoms with Crippen molar-refractivity contribution in [2.75, 3.05) is 51.8 Å². The Labute approximate surface area is 273 Å². The molecule has 48 heavy (non-hydrogen) atoms. The van der Waals surface area contributed by atoms with Gasteiger partial charge in [0.25, 0.3) is 20.2 Å². The van der Waals surface area contributed by atoms with Crippen LogP contribution in [0.5, 0.6) is 11.5 Å². The molecule has 20 nitrogen and oxygen atoms in total. The molecule has 2 amide bonds. The Hall–Kier alpha value is -4.87. The summed E-state index contributed by atoms with van der Waals surface area (Å²) in [5.41, 5.74) is -0.000947. The predicted octanol–water partition coefficient (Wildman–Crippen LogP) is 0.322. The van der Waals surface area contributed by atoms with E-state index in [1.54, 1.807) is 24.3 Å². The summed E-state index contributed by atoms with van der Waals surface area (Å²) in [6.07, 6.45) is -0.256. The second kappa shape index (κ2) is 19.1. The van der Waals surface area contributed by atoms with Crippen LogP contribution in [-0.2, 0) is 29.8 Å². The summed E-state index contributed by atoms with van der Waals surface area (Å²) in [5.74, 6) is -2.48. The zero-order valence-corrected chi connectivity index (χ0v) is 27.3. The van der Waals surface area contributed by atoms with Gasteiger partial charge in [0.05, 0.1) is 31.0 Å². The molecule has 0 spiro atoms. The maximum Gasteiger partial charge on any atom is 0.412 e. The van der Waals surface area contributed by atoms with E-state index in [9.17, 15) is 40.8 Å². The van der Waals surface area contributed by atoms with Gasteiger partial charge in [-0.1, -0.05) is 24.3 Å². The zero-order chi connectivity index (χ0) is 36.7. The topological polar surface area (TPSA) is 314 Å². The predicted molar refractivity (Wildman–Crippen MR) is 168 cm³/mol. The van der Waals surface area contributed by atoms with Crippen molar-refractivity contribution in [3.05, 3.63) is 36.1 Å². The van der Waals surface area contributed by atoms with Gasteiger partial charge in [0, 0.05) is 43.9 Å². The van der Waals surface area contributed by atoms with Gasteiger partial charge in [0.1, 0.15) is 0 Å². The highest BCUT2D eigenvalue weighted by atomic mass is 32.2. The lowest BCUT2D eigenvalue weighted by atomic mass is 10.1. The number of amides is 2. The normalized spacial score (nSPS) is 10.9. The van der Waals surface area contributed by atoms with Crippen LogP contribution < -0.4 is 30.7 Å². The molecule has 1 aromatic heterocycles. The number of aliphatic carboxylic acids is 2. The van der Waals surface area contributed by atoms with Gasteiger partial charge in [-0.05, 0) is 6.07 Å². The minimum absolute atomic E-state index is 0.000947. The van der Waals surface area contributed by atoms with Crippen LogP contribution in [0.3, 0.4) is 0 Å². The number of hydrogen-bond acceptors (Lipinski definition) is 14. The molecule has 266 valence electrons. The summed E-state index contributed by atoms with van der Waals surface area (Å²) >= 11 is 0. The molecule has 3 rings (SSSR count). The molecule has 8 N–H and O–H groups in total. The van der Waals surface area contributed by atoms with Crippen LogP contribution >= 0.6 is 0 Å². The second-order valence-electron chi connectivity index (χ2n) is 9.35. The van der Waals surface area contributed by atoms with Crippen LogP contribution in [0.4, 0.5) is 9.59 Å². The van der Waals surface area contributed by atoms with E-state index in [1.807, 2.05) is 0 Å². The van der Waals surface area contributed by atoms with E-state index in [1.165, 1.54) is 13.0 Å². The molecule has 3 aromatic rings. The van der Waals surface area contributed by atoms with E-state index in [4.69, 9.17) is 33.2 Å². The van der Waals surface area contributed by atoms with Crippen molar-refractivity contribution in [2.45, 2.75) is 6.92 Å². The van der Waals surface area contributed by atoms with Crippen molar-refractivity contribution in [2.24, 2.45) is 0 Å². The Kier molecular flexibility index (Phi) is 16.4. The van der Waals surface area contributed by atoms with Crippen LogP contribution in [0.25, 0.3) is 21.7 Å². The molecule has 0 aliphatic rings. The number of carboxylic acids is 2. The summed E-state index contributed by atoms with van der Waals surface area (Å²) in [7, 11) is -7.33. The van der Waals surface area contributed by atoms with Crippen molar-refractivity contribution >= 4 is 71.9 Å². The van der Waals surface area contributed by atoms with Gasteiger partial charge in [-0.15, -0.1) is 0 Å². The van der Waals surface area contributed by atoms with Crippen molar-refractivity contribution in [3.63, 3.8) is 0 Å². The molecular formula is C26H34N4O16S2. The molecule has 1 heterocycles. The van der Waals surface area contributed by atoms with Gasteiger partial charge in [-0.2, -0.15) is 16.8 Å². The third kappa shape index (κ3) is 17.2. The summed E-state index contributed by atoms with van der Waals surface area (Å²) in [6, 6.07) is 7.97. The number of hydrogen-bond donors (Lipinski definition) is 8. The third-order valence-corrected chi connectivity index (χ3v) is 5.03. The average Bonchev–Trinajstić information content (AvgIpc) is 3.38. The Morgan fingerprint density at radius 2 is 1.10 bits per heavy atom. The number of fused-ring (bicyclic) bond motifs is 2. The van der Waals surface area contributed by atoms with Crippen LogP contribution in [-0.4, -0.2) is 118 Å². The molecule has 0 aliphatic heterocycles. The number of carbonyl (C=O) groups is 5. The highest BCUT2D eigenvalue weighted by molar-refractivity contribution is 7.85. The van der Waals surface area contributed by atoms with Crippen molar-refractivity contribution in [3.8, 4) is 11.5 Å². The molecule has 0 fully saturated rings. The quantitative estimate of drug-likeness (QED) is 0.0669. The van der Waals surface area contributed by atoms with Gasteiger partial charge in [0.15, 0.2) is 28.6 Å². The maximum absolute atomic E-state index is 12.5. The Bertz CT molecular complexity index is 1700. The van der Waals surface area contributed by atoms with Crippen molar-refractivity contribution < 1.29 is 74.0 Å². The van der Waals surface area contributed by atoms with Crippen molar-refractivity contribution in [1.29, 1.82) is 0 Å². The number of ether oxygens (including phenoxy) is 2. The number of carbonyl (C=O) groups excluding carboxylic acids is 3. The van der Waals surface area contributed by atoms with Gasteiger partial charge in [0.2, 0.25) is 0 Å². The molecule has 0 saturated carbocycles. The second-order valence-corrected chi connectivity index (χ2v) is 12.3. The van der Waals surface area contributed by atoms with Crippen LogP contribution in [0.15, 0.2) is 34.7 Å².